The van der Waals surface area contributed by atoms with Gasteiger partial charge in [-0.05, 0) is 44.0 Å². The first kappa shape index (κ1) is 22.8. The molecule has 0 spiro atoms. The van der Waals surface area contributed by atoms with Crippen molar-refractivity contribution in [2.75, 3.05) is 11.9 Å². The summed E-state index contributed by atoms with van der Waals surface area (Å²) in [6.45, 7) is 3.12. The Morgan fingerprint density at radius 1 is 1.15 bits per heavy atom. The fourth-order valence-corrected chi connectivity index (χ4v) is 6.08. The number of fused-ring (bicyclic) bond motifs is 1. The Kier molecular flexibility index (Phi) is 6.29. The van der Waals surface area contributed by atoms with Gasteiger partial charge in [0.05, 0.1) is 27.3 Å². The highest BCUT2D eigenvalue weighted by Gasteiger charge is 2.24. The van der Waals surface area contributed by atoms with E-state index in [-0.39, 0.29) is 10.9 Å². The number of halogens is 1. The van der Waals surface area contributed by atoms with Crippen LogP contribution in [0.3, 0.4) is 0 Å². The minimum Gasteiger partial charge on any atom is -0.351 e. The van der Waals surface area contributed by atoms with E-state index in [2.05, 4.69) is 22.5 Å². The molecule has 0 radical (unpaired) electrons. The lowest BCUT2D eigenvalue weighted by Gasteiger charge is -2.30. The molecule has 1 aliphatic rings. The zero-order chi connectivity index (χ0) is 23.7. The Labute approximate surface area is 204 Å². The summed E-state index contributed by atoms with van der Waals surface area (Å²) < 4.78 is 28.2. The molecule has 1 aliphatic heterocycles. The minimum atomic E-state index is -3.80. The zero-order valence-electron chi connectivity index (χ0n) is 18.8. The summed E-state index contributed by atoms with van der Waals surface area (Å²) >= 11 is 6.54. The second-order valence-electron chi connectivity index (χ2n) is 8.49. The van der Waals surface area contributed by atoms with Gasteiger partial charge in [0, 0.05) is 29.2 Å². The van der Waals surface area contributed by atoms with Gasteiger partial charge in [0.25, 0.3) is 10.0 Å². The van der Waals surface area contributed by atoms with Crippen LogP contribution in [0.2, 0.25) is 5.02 Å². The highest BCUT2D eigenvalue weighted by molar-refractivity contribution is 7.90. The molecule has 7 nitrogen and oxygen atoms in total. The van der Waals surface area contributed by atoms with Gasteiger partial charge in [-0.25, -0.2) is 22.4 Å². The molecular weight excluding hydrogens is 470 g/mol. The van der Waals surface area contributed by atoms with Crippen LogP contribution in [-0.2, 0) is 10.0 Å². The summed E-state index contributed by atoms with van der Waals surface area (Å²) in [6.07, 6.45) is 6.21. The van der Waals surface area contributed by atoms with Gasteiger partial charge in [-0.15, -0.1) is 0 Å². The van der Waals surface area contributed by atoms with E-state index in [0.29, 0.717) is 33.8 Å². The van der Waals surface area contributed by atoms with Crippen molar-refractivity contribution in [3.05, 3.63) is 72.0 Å². The molecule has 0 aliphatic carbocycles. The molecule has 2 aromatic carbocycles. The molecule has 2 atom stereocenters. The van der Waals surface area contributed by atoms with Gasteiger partial charge in [0.1, 0.15) is 0 Å². The Bertz CT molecular complexity index is 1420. The molecule has 2 N–H and O–H groups in total. The molecule has 0 bridgehead atoms. The lowest BCUT2D eigenvalue weighted by Crippen LogP contribution is -2.42. The molecule has 176 valence electrons. The first-order valence-electron chi connectivity index (χ1n) is 11.4. The Balaban J connectivity index is 1.57. The summed E-state index contributed by atoms with van der Waals surface area (Å²) in [5, 5.41) is 8.08. The third-order valence-corrected chi connectivity index (χ3v) is 8.26. The smallest absolute Gasteiger partial charge is 0.268 e. The number of piperidine rings is 1. The molecule has 3 heterocycles. The van der Waals surface area contributed by atoms with E-state index in [1.807, 2.05) is 18.2 Å². The Morgan fingerprint density at radius 3 is 2.71 bits per heavy atom. The number of hydrogen-bond acceptors (Lipinski definition) is 6. The van der Waals surface area contributed by atoms with E-state index in [0.717, 1.165) is 31.2 Å². The quantitative estimate of drug-likeness (QED) is 0.394. The number of hydrogen-bond donors (Lipinski definition) is 2. The average Bonchev–Trinajstić information content (AvgIpc) is 3.26. The van der Waals surface area contributed by atoms with Crippen molar-refractivity contribution >= 4 is 38.5 Å². The van der Waals surface area contributed by atoms with Crippen molar-refractivity contribution < 1.29 is 8.42 Å². The highest BCUT2D eigenvalue weighted by atomic mass is 35.5. The van der Waals surface area contributed by atoms with Crippen LogP contribution >= 0.6 is 11.6 Å². The molecule has 0 amide bonds. The summed E-state index contributed by atoms with van der Waals surface area (Å²) in [7, 11) is -3.80. The van der Waals surface area contributed by atoms with E-state index in [9.17, 15) is 8.42 Å². The van der Waals surface area contributed by atoms with E-state index < -0.39 is 10.0 Å². The molecule has 5 rings (SSSR count). The highest BCUT2D eigenvalue weighted by Crippen LogP contribution is 2.35. The van der Waals surface area contributed by atoms with Crippen molar-refractivity contribution in [2.45, 2.75) is 43.2 Å². The lowest BCUT2D eigenvalue weighted by molar-refractivity contribution is 0.367. The standard InChI is InChI=1S/C25H26ClN5O2S/c1-2-17-14-18(12-13-27-17)29-25-28-15-22(26)24(30-25)21-16-31(23-11-7-6-10-20(21)23)34(32,33)19-8-4-3-5-9-19/h3-11,15-18,27H,2,12-14H2,1H3,(H,28,29,30)/t17-,18-/m1/s1. The van der Waals surface area contributed by atoms with Crippen LogP contribution in [0.5, 0.6) is 0 Å². The van der Waals surface area contributed by atoms with E-state index in [4.69, 9.17) is 16.6 Å². The molecular formula is C25H26ClN5O2S. The number of benzene rings is 2. The predicted molar refractivity (Wildman–Crippen MR) is 136 cm³/mol. The molecule has 1 fully saturated rings. The molecule has 34 heavy (non-hydrogen) atoms. The van der Waals surface area contributed by atoms with Gasteiger partial charge in [0.2, 0.25) is 5.95 Å². The molecule has 0 unspecified atom stereocenters. The number of rotatable bonds is 6. The summed E-state index contributed by atoms with van der Waals surface area (Å²) in [4.78, 5) is 9.33. The maximum Gasteiger partial charge on any atom is 0.268 e. The Morgan fingerprint density at radius 2 is 1.91 bits per heavy atom. The third kappa shape index (κ3) is 4.29. The second-order valence-corrected chi connectivity index (χ2v) is 10.7. The van der Waals surface area contributed by atoms with Crippen LogP contribution < -0.4 is 10.6 Å². The zero-order valence-corrected chi connectivity index (χ0v) is 20.4. The van der Waals surface area contributed by atoms with E-state index in [1.165, 1.54) is 3.97 Å². The summed E-state index contributed by atoms with van der Waals surface area (Å²) in [5.41, 5.74) is 1.70. The van der Waals surface area contributed by atoms with Crippen molar-refractivity contribution in [2.24, 2.45) is 0 Å². The summed E-state index contributed by atoms with van der Waals surface area (Å²) in [6, 6.07) is 16.5. The number of nitrogens with one attached hydrogen (secondary N) is 2. The van der Waals surface area contributed by atoms with Gasteiger partial charge in [-0.1, -0.05) is 54.9 Å². The third-order valence-electron chi connectivity index (χ3n) is 6.30. The van der Waals surface area contributed by atoms with Crippen LogP contribution in [-0.4, -0.2) is 41.0 Å². The van der Waals surface area contributed by atoms with Gasteiger partial charge in [-0.2, -0.15) is 0 Å². The van der Waals surface area contributed by atoms with Gasteiger partial charge < -0.3 is 10.6 Å². The predicted octanol–water partition coefficient (Wildman–Crippen LogP) is 4.93. The maximum absolute atomic E-state index is 13.4. The van der Waals surface area contributed by atoms with Crippen LogP contribution in [0.25, 0.3) is 22.2 Å². The van der Waals surface area contributed by atoms with Gasteiger partial charge in [0.15, 0.2) is 0 Å². The topological polar surface area (TPSA) is 88.9 Å². The molecule has 2 aromatic heterocycles. The molecule has 4 aromatic rings. The van der Waals surface area contributed by atoms with Crippen molar-refractivity contribution in [1.82, 2.24) is 19.3 Å². The first-order chi connectivity index (χ1) is 16.5. The normalized spacial score (nSPS) is 18.8. The fourth-order valence-electron chi connectivity index (χ4n) is 4.50. The largest absolute Gasteiger partial charge is 0.351 e. The van der Waals surface area contributed by atoms with Gasteiger partial charge >= 0.3 is 0 Å². The number of para-hydroxylation sites is 1. The Hall–Kier alpha value is -2.94. The van der Waals surface area contributed by atoms with Crippen LogP contribution in [0.4, 0.5) is 5.95 Å². The van der Waals surface area contributed by atoms with Crippen LogP contribution in [0.1, 0.15) is 26.2 Å². The molecule has 0 saturated carbocycles. The van der Waals surface area contributed by atoms with E-state index in [1.54, 1.807) is 48.8 Å². The van der Waals surface area contributed by atoms with E-state index >= 15 is 0 Å². The maximum atomic E-state index is 13.4. The minimum absolute atomic E-state index is 0.217. The van der Waals surface area contributed by atoms with Crippen molar-refractivity contribution in [3.63, 3.8) is 0 Å². The lowest BCUT2D eigenvalue weighted by atomic mass is 9.98. The summed E-state index contributed by atoms with van der Waals surface area (Å²) in [5.74, 6) is 0.490. The van der Waals surface area contributed by atoms with Crippen molar-refractivity contribution in [3.8, 4) is 11.3 Å². The van der Waals surface area contributed by atoms with Gasteiger partial charge in [-0.3, -0.25) is 0 Å². The number of anilines is 1. The second kappa shape index (κ2) is 9.37. The van der Waals surface area contributed by atoms with Crippen LogP contribution in [0, 0.1) is 0 Å². The van der Waals surface area contributed by atoms with Crippen LogP contribution in [0.15, 0.2) is 71.9 Å². The number of aromatic nitrogens is 3. The SMILES string of the molecule is CC[C@@H]1C[C@H](Nc2ncc(Cl)c(-c3cn(S(=O)(=O)c4ccccc4)c4ccccc34)n2)CCN1. The molecule has 1 saturated heterocycles. The number of nitrogens with zero attached hydrogens (tertiary/aromatic N) is 3. The first-order valence-corrected chi connectivity index (χ1v) is 13.2. The van der Waals surface area contributed by atoms with Crippen molar-refractivity contribution in [1.29, 1.82) is 0 Å². The average molecular weight is 496 g/mol. The fraction of sp³-hybridized carbons (Fsp3) is 0.280. The monoisotopic (exact) mass is 495 g/mol. The molecule has 9 heteroatoms.